The van der Waals surface area contributed by atoms with E-state index in [-0.39, 0.29) is 5.97 Å². The van der Waals surface area contributed by atoms with Crippen LogP contribution in [0.4, 0.5) is 0 Å². The second-order valence-electron chi connectivity index (χ2n) is 3.74. The van der Waals surface area contributed by atoms with E-state index in [9.17, 15) is 4.79 Å². The minimum atomic E-state index is -0.368. The number of hydrogen-bond donors (Lipinski definition) is 0. The first-order chi connectivity index (χ1) is 8.69. The van der Waals surface area contributed by atoms with Gasteiger partial charge in [-0.25, -0.2) is 4.79 Å². The highest BCUT2D eigenvalue weighted by Gasteiger charge is 2.05. The van der Waals surface area contributed by atoms with E-state index in [4.69, 9.17) is 9.26 Å². The number of aromatic nitrogens is 1. The second-order valence-corrected chi connectivity index (χ2v) is 3.74. The molecule has 0 aliphatic heterocycles. The summed E-state index contributed by atoms with van der Waals surface area (Å²) < 4.78 is 15.1. The Kier molecular flexibility index (Phi) is 3.62. The summed E-state index contributed by atoms with van der Waals surface area (Å²) in [5.74, 6) is 0.939. The number of hydrogen-bond acceptors (Lipinski definition) is 5. The SMILES string of the molecule is COC(=O)c1ccc(OCc2cc(C)no2)cc1. The maximum atomic E-state index is 11.2. The number of nitrogens with zero attached hydrogens (tertiary/aromatic N) is 1. The molecule has 2 aromatic rings. The Labute approximate surface area is 104 Å². The van der Waals surface area contributed by atoms with Crippen molar-refractivity contribution in [2.45, 2.75) is 13.5 Å². The van der Waals surface area contributed by atoms with Gasteiger partial charge in [0, 0.05) is 6.07 Å². The smallest absolute Gasteiger partial charge is 0.337 e. The third kappa shape index (κ3) is 2.88. The number of ether oxygens (including phenoxy) is 2. The van der Waals surface area contributed by atoms with Crippen molar-refractivity contribution >= 4 is 5.97 Å². The largest absolute Gasteiger partial charge is 0.486 e. The fourth-order valence-electron chi connectivity index (χ4n) is 1.44. The second kappa shape index (κ2) is 5.35. The van der Waals surface area contributed by atoms with Crippen LogP contribution in [0.3, 0.4) is 0 Å². The molecule has 0 amide bonds. The number of aryl methyl sites for hydroxylation is 1. The van der Waals surface area contributed by atoms with Crippen LogP contribution >= 0.6 is 0 Å². The molecule has 0 spiro atoms. The van der Waals surface area contributed by atoms with Gasteiger partial charge in [0.1, 0.15) is 12.4 Å². The van der Waals surface area contributed by atoms with Crippen molar-refractivity contribution in [2.75, 3.05) is 7.11 Å². The van der Waals surface area contributed by atoms with Crippen LogP contribution in [0.2, 0.25) is 0 Å². The van der Waals surface area contributed by atoms with Crippen molar-refractivity contribution in [3.05, 3.63) is 47.3 Å². The Bertz CT molecular complexity index is 530. The van der Waals surface area contributed by atoms with E-state index >= 15 is 0 Å². The van der Waals surface area contributed by atoms with Gasteiger partial charge in [0.2, 0.25) is 0 Å². The van der Waals surface area contributed by atoms with E-state index in [0.29, 0.717) is 23.7 Å². The van der Waals surface area contributed by atoms with E-state index in [0.717, 1.165) is 5.69 Å². The zero-order valence-electron chi connectivity index (χ0n) is 10.2. The van der Waals surface area contributed by atoms with Gasteiger partial charge < -0.3 is 14.0 Å². The number of methoxy groups -OCH3 is 1. The molecular formula is C13H13NO4. The fraction of sp³-hybridized carbons (Fsp3) is 0.231. The van der Waals surface area contributed by atoms with Crippen molar-refractivity contribution < 1.29 is 18.8 Å². The van der Waals surface area contributed by atoms with Crippen LogP contribution in [-0.4, -0.2) is 18.2 Å². The summed E-state index contributed by atoms with van der Waals surface area (Å²) in [5.41, 5.74) is 1.30. The van der Waals surface area contributed by atoms with Gasteiger partial charge in [-0.1, -0.05) is 5.16 Å². The molecular weight excluding hydrogens is 234 g/mol. The van der Waals surface area contributed by atoms with Crippen LogP contribution in [0.15, 0.2) is 34.9 Å². The van der Waals surface area contributed by atoms with Gasteiger partial charge in [-0.3, -0.25) is 0 Å². The summed E-state index contributed by atoms with van der Waals surface area (Å²) in [4.78, 5) is 11.2. The summed E-state index contributed by atoms with van der Waals surface area (Å²) in [6.07, 6.45) is 0. The number of rotatable bonds is 4. The van der Waals surface area contributed by atoms with Crippen LogP contribution in [0.25, 0.3) is 0 Å². The average Bonchev–Trinajstić information content (AvgIpc) is 2.82. The Morgan fingerprint density at radius 1 is 1.33 bits per heavy atom. The van der Waals surface area contributed by atoms with E-state index in [1.165, 1.54) is 7.11 Å². The highest BCUT2D eigenvalue weighted by atomic mass is 16.5. The van der Waals surface area contributed by atoms with Crippen molar-refractivity contribution in [1.82, 2.24) is 5.16 Å². The van der Waals surface area contributed by atoms with Crippen LogP contribution < -0.4 is 4.74 Å². The van der Waals surface area contributed by atoms with Crippen molar-refractivity contribution in [3.63, 3.8) is 0 Å². The Balaban J connectivity index is 1.96. The third-order valence-corrected chi connectivity index (χ3v) is 2.33. The first kappa shape index (κ1) is 12.2. The van der Waals surface area contributed by atoms with Crippen LogP contribution in [0.1, 0.15) is 21.8 Å². The molecule has 0 bridgehead atoms. The van der Waals surface area contributed by atoms with Gasteiger partial charge in [0.25, 0.3) is 0 Å². The summed E-state index contributed by atoms with van der Waals surface area (Å²) >= 11 is 0. The van der Waals surface area contributed by atoms with Gasteiger partial charge >= 0.3 is 5.97 Å². The number of carbonyl (C=O) groups is 1. The average molecular weight is 247 g/mol. The molecule has 0 unspecified atom stereocenters. The number of esters is 1. The summed E-state index contributed by atoms with van der Waals surface area (Å²) in [5, 5.41) is 3.76. The minimum absolute atomic E-state index is 0.304. The maximum absolute atomic E-state index is 11.2. The molecule has 0 aliphatic rings. The van der Waals surface area contributed by atoms with E-state index < -0.39 is 0 Å². The van der Waals surface area contributed by atoms with E-state index in [1.54, 1.807) is 24.3 Å². The van der Waals surface area contributed by atoms with Crippen molar-refractivity contribution in [1.29, 1.82) is 0 Å². The van der Waals surface area contributed by atoms with Crippen LogP contribution in [0.5, 0.6) is 5.75 Å². The monoisotopic (exact) mass is 247 g/mol. The molecule has 94 valence electrons. The van der Waals surface area contributed by atoms with E-state index in [1.807, 2.05) is 13.0 Å². The first-order valence-electron chi connectivity index (χ1n) is 5.42. The minimum Gasteiger partial charge on any atom is -0.486 e. The van der Waals surface area contributed by atoms with E-state index in [2.05, 4.69) is 9.89 Å². The summed E-state index contributed by atoms with van der Waals surface area (Å²) in [7, 11) is 1.35. The van der Waals surface area contributed by atoms with Gasteiger partial charge in [0.05, 0.1) is 18.4 Å². The van der Waals surface area contributed by atoms with Crippen LogP contribution in [0, 0.1) is 6.92 Å². The molecule has 1 aromatic heterocycles. The van der Waals surface area contributed by atoms with Gasteiger partial charge in [-0.2, -0.15) is 0 Å². The third-order valence-electron chi connectivity index (χ3n) is 2.33. The zero-order chi connectivity index (χ0) is 13.0. The van der Waals surface area contributed by atoms with Crippen LogP contribution in [-0.2, 0) is 11.3 Å². The Morgan fingerprint density at radius 2 is 2.06 bits per heavy atom. The molecule has 0 radical (unpaired) electrons. The first-order valence-corrected chi connectivity index (χ1v) is 5.42. The lowest BCUT2D eigenvalue weighted by molar-refractivity contribution is 0.0600. The molecule has 0 fully saturated rings. The quantitative estimate of drug-likeness (QED) is 0.776. The molecule has 1 heterocycles. The molecule has 0 atom stereocenters. The van der Waals surface area contributed by atoms with Crippen molar-refractivity contribution in [2.24, 2.45) is 0 Å². The molecule has 0 aliphatic carbocycles. The summed E-state index contributed by atoms with van der Waals surface area (Å²) in [6.45, 7) is 2.15. The van der Waals surface area contributed by atoms with Gasteiger partial charge in [0.15, 0.2) is 5.76 Å². The number of carbonyl (C=O) groups excluding carboxylic acids is 1. The predicted molar refractivity (Wildman–Crippen MR) is 63.4 cm³/mol. The number of benzene rings is 1. The zero-order valence-corrected chi connectivity index (χ0v) is 10.2. The lowest BCUT2D eigenvalue weighted by Gasteiger charge is -2.04. The highest BCUT2D eigenvalue weighted by molar-refractivity contribution is 5.89. The Hall–Kier alpha value is -2.30. The normalized spacial score (nSPS) is 10.1. The van der Waals surface area contributed by atoms with Gasteiger partial charge in [-0.15, -0.1) is 0 Å². The molecule has 2 rings (SSSR count). The lowest BCUT2D eigenvalue weighted by atomic mass is 10.2. The molecule has 1 aromatic carbocycles. The lowest BCUT2D eigenvalue weighted by Crippen LogP contribution is -2.01. The van der Waals surface area contributed by atoms with Crippen molar-refractivity contribution in [3.8, 4) is 5.75 Å². The Morgan fingerprint density at radius 3 is 2.61 bits per heavy atom. The highest BCUT2D eigenvalue weighted by Crippen LogP contribution is 2.15. The standard InChI is InChI=1S/C13H13NO4/c1-9-7-12(18-14-9)8-17-11-5-3-10(4-6-11)13(15)16-2/h3-7H,8H2,1-2H3. The molecule has 0 N–H and O–H groups in total. The molecule has 18 heavy (non-hydrogen) atoms. The molecule has 0 saturated carbocycles. The molecule has 0 saturated heterocycles. The predicted octanol–water partition coefficient (Wildman–Crippen LogP) is 2.35. The topological polar surface area (TPSA) is 61.6 Å². The molecule has 5 heteroatoms. The molecule has 5 nitrogen and oxygen atoms in total. The maximum Gasteiger partial charge on any atom is 0.337 e. The summed E-state index contributed by atoms with van der Waals surface area (Å²) in [6, 6.07) is 8.51. The van der Waals surface area contributed by atoms with Gasteiger partial charge in [-0.05, 0) is 31.2 Å². The fourth-order valence-corrected chi connectivity index (χ4v) is 1.44.